The average molecular weight is 218 g/mol. The summed E-state index contributed by atoms with van der Waals surface area (Å²) in [5.41, 5.74) is 0.911. The van der Waals surface area contributed by atoms with Crippen molar-refractivity contribution < 1.29 is 0 Å². The molecular formula is C10H14N6. The lowest BCUT2D eigenvalue weighted by Crippen LogP contribution is -2.24. The fourth-order valence-corrected chi connectivity index (χ4v) is 1.50. The summed E-state index contributed by atoms with van der Waals surface area (Å²) in [5, 5.41) is 10.0. The van der Waals surface area contributed by atoms with Crippen LogP contribution >= 0.6 is 0 Å². The van der Waals surface area contributed by atoms with Gasteiger partial charge in [-0.3, -0.25) is 20.4 Å². The average Bonchev–Trinajstić information content (AvgIpc) is 2.83. The third-order valence-electron chi connectivity index (χ3n) is 2.37. The van der Waals surface area contributed by atoms with Crippen molar-refractivity contribution in [3.63, 3.8) is 0 Å². The van der Waals surface area contributed by atoms with Gasteiger partial charge in [0.15, 0.2) is 0 Å². The van der Waals surface area contributed by atoms with Crippen LogP contribution < -0.4 is 5.32 Å². The van der Waals surface area contributed by atoms with Gasteiger partial charge in [0.05, 0.1) is 11.7 Å². The molecule has 0 fully saturated rings. The van der Waals surface area contributed by atoms with E-state index in [-0.39, 0.29) is 12.1 Å². The summed E-state index contributed by atoms with van der Waals surface area (Å²) < 4.78 is 0. The smallest absolute Gasteiger partial charge is 0.141 e. The summed E-state index contributed by atoms with van der Waals surface area (Å²) in [4.78, 5) is 12.4. The van der Waals surface area contributed by atoms with Gasteiger partial charge in [0.1, 0.15) is 12.2 Å². The lowest BCUT2D eigenvalue weighted by Gasteiger charge is -2.17. The first-order chi connectivity index (χ1) is 7.77. The van der Waals surface area contributed by atoms with Crippen molar-refractivity contribution in [3.8, 4) is 0 Å². The van der Waals surface area contributed by atoms with E-state index in [1.165, 1.54) is 6.33 Å². The molecule has 2 heterocycles. The van der Waals surface area contributed by atoms with Crippen molar-refractivity contribution in [2.45, 2.75) is 25.9 Å². The van der Waals surface area contributed by atoms with Gasteiger partial charge in [-0.1, -0.05) is 0 Å². The predicted octanol–water partition coefficient (Wildman–Crippen LogP) is 1.01. The molecule has 0 radical (unpaired) electrons. The van der Waals surface area contributed by atoms with Gasteiger partial charge in [-0.2, -0.15) is 5.10 Å². The summed E-state index contributed by atoms with van der Waals surface area (Å²) in [5.74, 6) is 0.816. The summed E-state index contributed by atoms with van der Waals surface area (Å²) in [6, 6.07) is 0.216. The van der Waals surface area contributed by atoms with Crippen LogP contribution in [0.15, 0.2) is 24.9 Å². The summed E-state index contributed by atoms with van der Waals surface area (Å²) >= 11 is 0. The topological polar surface area (TPSA) is 79.4 Å². The molecule has 2 unspecified atom stereocenters. The van der Waals surface area contributed by atoms with Crippen LogP contribution in [0.1, 0.15) is 37.4 Å². The van der Waals surface area contributed by atoms with Crippen LogP contribution in [-0.2, 0) is 0 Å². The van der Waals surface area contributed by atoms with Crippen LogP contribution in [0, 0.1) is 0 Å². The van der Waals surface area contributed by atoms with Gasteiger partial charge in [0.25, 0.3) is 0 Å². The van der Waals surface area contributed by atoms with E-state index in [4.69, 9.17) is 0 Å². The highest BCUT2D eigenvalue weighted by Gasteiger charge is 2.13. The van der Waals surface area contributed by atoms with E-state index in [1.54, 1.807) is 18.6 Å². The molecule has 0 aliphatic heterocycles. The molecule has 0 bridgehead atoms. The molecule has 84 valence electrons. The van der Waals surface area contributed by atoms with E-state index >= 15 is 0 Å². The van der Waals surface area contributed by atoms with E-state index in [0.29, 0.717) is 0 Å². The van der Waals surface area contributed by atoms with Gasteiger partial charge in [-0.25, -0.2) is 4.98 Å². The van der Waals surface area contributed by atoms with Gasteiger partial charge >= 0.3 is 0 Å². The van der Waals surface area contributed by atoms with Crippen molar-refractivity contribution in [2.75, 3.05) is 0 Å². The molecule has 0 aliphatic rings. The first-order valence-corrected chi connectivity index (χ1v) is 5.14. The van der Waals surface area contributed by atoms with Crippen LogP contribution in [0.2, 0.25) is 0 Å². The minimum atomic E-state index is 0.0968. The van der Waals surface area contributed by atoms with Gasteiger partial charge in [-0.15, -0.1) is 0 Å². The fraction of sp³-hybridized carbons (Fsp3) is 0.400. The second-order valence-electron chi connectivity index (χ2n) is 3.61. The standard InChI is InChI=1S/C10H14N6/c1-7(9-5-11-3-4-12-9)15-8(2)10-13-6-14-16-10/h3-8,15H,1-2H3,(H,13,14,16). The fourth-order valence-electron chi connectivity index (χ4n) is 1.50. The van der Waals surface area contributed by atoms with E-state index in [2.05, 4.69) is 30.5 Å². The van der Waals surface area contributed by atoms with Gasteiger partial charge in [0, 0.05) is 24.6 Å². The molecular weight excluding hydrogens is 204 g/mol. The molecule has 0 saturated carbocycles. The summed E-state index contributed by atoms with van der Waals surface area (Å²) in [6.45, 7) is 4.06. The molecule has 2 aromatic heterocycles. The van der Waals surface area contributed by atoms with Crippen LogP contribution in [0.3, 0.4) is 0 Å². The number of hydrogen-bond acceptors (Lipinski definition) is 5. The van der Waals surface area contributed by atoms with E-state index in [1.807, 2.05) is 13.8 Å². The molecule has 0 amide bonds. The number of aromatic amines is 1. The maximum atomic E-state index is 4.24. The Balaban J connectivity index is 2.00. The second kappa shape index (κ2) is 4.80. The Bertz CT molecular complexity index is 412. The third kappa shape index (κ3) is 2.40. The van der Waals surface area contributed by atoms with Crippen molar-refractivity contribution in [2.24, 2.45) is 0 Å². The number of nitrogens with one attached hydrogen (secondary N) is 2. The Morgan fingerprint density at radius 3 is 2.69 bits per heavy atom. The molecule has 0 saturated heterocycles. The molecule has 2 rings (SSSR count). The number of H-pyrrole nitrogens is 1. The van der Waals surface area contributed by atoms with Crippen molar-refractivity contribution in [1.82, 2.24) is 30.5 Å². The SMILES string of the molecule is CC(NC(C)c1ncn[nH]1)c1cnccn1. The Hall–Kier alpha value is -1.82. The minimum absolute atomic E-state index is 0.0968. The molecule has 2 atom stereocenters. The lowest BCUT2D eigenvalue weighted by atomic mass is 10.2. The number of hydrogen-bond donors (Lipinski definition) is 2. The first kappa shape index (κ1) is 10.7. The molecule has 16 heavy (non-hydrogen) atoms. The molecule has 6 heteroatoms. The van der Waals surface area contributed by atoms with E-state index in [0.717, 1.165) is 11.5 Å². The quantitative estimate of drug-likeness (QED) is 0.800. The van der Waals surface area contributed by atoms with E-state index < -0.39 is 0 Å². The minimum Gasteiger partial charge on any atom is -0.299 e. The maximum absolute atomic E-state index is 4.24. The zero-order valence-electron chi connectivity index (χ0n) is 9.25. The van der Waals surface area contributed by atoms with Crippen LogP contribution in [0.5, 0.6) is 0 Å². The number of rotatable bonds is 4. The monoisotopic (exact) mass is 218 g/mol. The van der Waals surface area contributed by atoms with Crippen molar-refractivity contribution >= 4 is 0 Å². The molecule has 2 N–H and O–H groups in total. The Morgan fingerprint density at radius 2 is 2.06 bits per heavy atom. The highest BCUT2D eigenvalue weighted by Crippen LogP contribution is 2.13. The van der Waals surface area contributed by atoms with Crippen molar-refractivity contribution in [3.05, 3.63) is 36.4 Å². The third-order valence-corrected chi connectivity index (χ3v) is 2.37. The Kier molecular flexibility index (Phi) is 3.21. The molecule has 2 aromatic rings. The molecule has 0 aromatic carbocycles. The Morgan fingerprint density at radius 1 is 1.19 bits per heavy atom. The summed E-state index contributed by atoms with van der Waals surface area (Å²) in [6.07, 6.45) is 6.61. The molecule has 0 aliphatic carbocycles. The number of nitrogens with zero attached hydrogens (tertiary/aromatic N) is 4. The molecule has 6 nitrogen and oxygen atoms in total. The predicted molar refractivity (Wildman–Crippen MR) is 58.4 cm³/mol. The second-order valence-corrected chi connectivity index (χ2v) is 3.61. The van der Waals surface area contributed by atoms with Crippen LogP contribution in [-0.4, -0.2) is 25.1 Å². The van der Waals surface area contributed by atoms with E-state index in [9.17, 15) is 0 Å². The normalized spacial score (nSPS) is 14.6. The first-order valence-electron chi connectivity index (χ1n) is 5.14. The van der Waals surface area contributed by atoms with Gasteiger partial charge in [-0.05, 0) is 13.8 Å². The highest BCUT2D eigenvalue weighted by atomic mass is 15.2. The lowest BCUT2D eigenvalue weighted by molar-refractivity contribution is 0.469. The maximum Gasteiger partial charge on any atom is 0.141 e. The van der Waals surface area contributed by atoms with Crippen LogP contribution in [0.4, 0.5) is 0 Å². The zero-order chi connectivity index (χ0) is 11.4. The zero-order valence-corrected chi connectivity index (χ0v) is 9.25. The van der Waals surface area contributed by atoms with Crippen LogP contribution in [0.25, 0.3) is 0 Å². The number of aromatic nitrogens is 5. The molecule has 0 spiro atoms. The van der Waals surface area contributed by atoms with Gasteiger partial charge < -0.3 is 0 Å². The van der Waals surface area contributed by atoms with Crippen molar-refractivity contribution in [1.29, 1.82) is 0 Å². The highest BCUT2D eigenvalue weighted by molar-refractivity contribution is 5.02. The van der Waals surface area contributed by atoms with Gasteiger partial charge in [0.2, 0.25) is 0 Å². The summed E-state index contributed by atoms with van der Waals surface area (Å²) in [7, 11) is 0. The largest absolute Gasteiger partial charge is 0.299 e. The Labute approximate surface area is 93.6 Å².